The number of anilines is 2. The molecule has 0 aliphatic carbocycles. The largest absolute Gasteiger partial charge is 0.481 e. The second-order valence-corrected chi connectivity index (χ2v) is 23.5. The van der Waals surface area contributed by atoms with Crippen LogP contribution in [0.3, 0.4) is 0 Å². The van der Waals surface area contributed by atoms with Crippen LogP contribution in [0.15, 0.2) is 36.4 Å². The Morgan fingerprint density at radius 1 is 0.696 bits per heavy atom. The molecule has 4 N–H and O–H groups in total. The van der Waals surface area contributed by atoms with Gasteiger partial charge in [0.15, 0.2) is 0 Å². The van der Waals surface area contributed by atoms with Crippen LogP contribution in [0.4, 0.5) is 11.6 Å². The molecule has 69 heavy (non-hydrogen) atoms. The summed E-state index contributed by atoms with van der Waals surface area (Å²) >= 11 is 15.1. The number of thiophene rings is 2. The lowest BCUT2D eigenvalue weighted by atomic mass is 9.93. The van der Waals surface area contributed by atoms with Gasteiger partial charge in [0.05, 0.1) is 72.4 Å². The molecule has 4 aromatic rings. The maximum atomic E-state index is 13.1. The number of nitrogens with one attached hydrogen (secondary N) is 3. The van der Waals surface area contributed by atoms with Gasteiger partial charge in [-0.05, 0) is 70.7 Å². The number of halogens is 2. The van der Waals surface area contributed by atoms with E-state index >= 15 is 0 Å². The number of carboxylic acid groups (broad SMARTS) is 1. The summed E-state index contributed by atoms with van der Waals surface area (Å²) in [5.41, 5.74) is 0.915. The van der Waals surface area contributed by atoms with Crippen molar-refractivity contribution in [3.63, 3.8) is 0 Å². The van der Waals surface area contributed by atoms with E-state index in [9.17, 15) is 19.2 Å². The fourth-order valence-corrected chi connectivity index (χ4v) is 10.1. The number of piperidine rings is 2. The van der Waals surface area contributed by atoms with E-state index < -0.39 is 16.8 Å². The van der Waals surface area contributed by atoms with Crippen molar-refractivity contribution in [3.8, 4) is 0 Å². The number of H-pyrrole nitrogens is 1. The van der Waals surface area contributed by atoms with Crippen LogP contribution in [0.5, 0.6) is 0 Å². The van der Waals surface area contributed by atoms with Crippen LogP contribution in [0.25, 0.3) is 0 Å². The molecule has 8 rings (SSSR count). The molecule has 0 spiro atoms. The van der Waals surface area contributed by atoms with Crippen LogP contribution in [0.2, 0.25) is 8.67 Å². The third kappa shape index (κ3) is 16.8. The molecule has 4 aromatic heterocycles. The predicted octanol–water partition coefficient (Wildman–Crippen LogP) is 7.83. The lowest BCUT2D eigenvalue weighted by Crippen LogP contribution is -2.46. The van der Waals surface area contributed by atoms with Gasteiger partial charge in [-0.15, -0.1) is 22.7 Å². The summed E-state index contributed by atoms with van der Waals surface area (Å²) in [6.45, 7) is 22.2. The van der Waals surface area contributed by atoms with Crippen molar-refractivity contribution < 1.29 is 33.8 Å². The molecule has 4 fully saturated rings. The Morgan fingerprint density at radius 2 is 1.16 bits per heavy atom. The molecule has 4 aliphatic rings. The fraction of sp³-hybridized carbons (Fsp3) is 0.625. The van der Waals surface area contributed by atoms with Crippen LogP contribution in [-0.2, 0) is 36.9 Å². The summed E-state index contributed by atoms with van der Waals surface area (Å²) in [4.78, 5) is 59.0. The first-order valence-electron chi connectivity index (χ1n) is 23.9. The van der Waals surface area contributed by atoms with Crippen molar-refractivity contribution in [3.05, 3.63) is 66.2 Å². The molecule has 0 saturated carbocycles. The molecule has 8 heterocycles. The molecule has 0 unspecified atom stereocenters. The maximum Gasteiger partial charge on any atom is 0.308 e. The van der Waals surface area contributed by atoms with Crippen LogP contribution in [-0.4, -0.2) is 160 Å². The first-order valence-corrected chi connectivity index (χ1v) is 26.3. The van der Waals surface area contributed by atoms with E-state index in [0.717, 1.165) is 115 Å². The first-order chi connectivity index (χ1) is 32.8. The number of nitrogens with zero attached hydrogens (tertiary/aromatic N) is 7. The van der Waals surface area contributed by atoms with Gasteiger partial charge in [0.25, 0.3) is 5.91 Å². The highest BCUT2D eigenvalue weighted by Gasteiger charge is 2.32. The molecule has 4 aliphatic heterocycles. The Balaban J connectivity index is 0.000000202. The molecule has 0 atom stereocenters. The van der Waals surface area contributed by atoms with Crippen LogP contribution in [0, 0.1) is 10.8 Å². The van der Waals surface area contributed by atoms with E-state index in [-0.39, 0.29) is 23.6 Å². The lowest BCUT2D eigenvalue weighted by Gasteiger charge is -2.34. The number of ether oxygens (including phenoxy) is 2. The molecule has 17 nitrogen and oxygen atoms in total. The number of likely N-dealkylation sites (tertiary alicyclic amines) is 2. The number of aromatic amines is 1. The van der Waals surface area contributed by atoms with Crippen molar-refractivity contribution >= 4 is 81.2 Å². The van der Waals surface area contributed by atoms with Gasteiger partial charge in [-0.3, -0.25) is 34.1 Å². The molecule has 0 bridgehead atoms. The van der Waals surface area contributed by atoms with E-state index in [1.165, 1.54) is 20.9 Å². The van der Waals surface area contributed by atoms with Crippen LogP contribution < -0.4 is 10.6 Å². The van der Waals surface area contributed by atoms with Gasteiger partial charge in [-0.25, -0.2) is 0 Å². The zero-order chi connectivity index (χ0) is 49.7. The number of hydrogen-bond donors (Lipinski definition) is 4. The molecule has 2 amide bonds. The third-order valence-electron chi connectivity index (χ3n) is 12.4. The Hall–Kier alpha value is -4.08. The molecular weight excluding hydrogens is 964 g/mol. The van der Waals surface area contributed by atoms with E-state index in [4.69, 9.17) is 42.9 Å². The Bertz CT molecular complexity index is 2270. The number of morpholine rings is 2. The smallest absolute Gasteiger partial charge is 0.308 e. The fourth-order valence-electron chi connectivity index (χ4n) is 8.05. The van der Waals surface area contributed by atoms with Gasteiger partial charge >= 0.3 is 5.97 Å². The van der Waals surface area contributed by atoms with E-state index in [1.54, 1.807) is 32.1 Å². The number of carboxylic acids is 1. The van der Waals surface area contributed by atoms with Crippen molar-refractivity contribution in [2.45, 2.75) is 92.2 Å². The van der Waals surface area contributed by atoms with Gasteiger partial charge < -0.3 is 35.0 Å². The number of carbonyl (C=O) groups is 4. The van der Waals surface area contributed by atoms with Crippen molar-refractivity contribution in [1.82, 2.24) is 39.6 Å². The minimum Gasteiger partial charge on any atom is -0.481 e. The van der Waals surface area contributed by atoms with Crippen LogP contribution in [0.1, 0.15) is 105 Å². The Kier molecular flexibility index (Phi) is 19.9. The van der Waals surface area contributed by atoms with E-state index in [1.807, 2.05) is 60.9 Å². The molecule has 21 heteroatoms. The number of amides is 2. The minimum absolute atomic E-state index is 0.0522. The zero-order valence-corrected chi connectivity index (χ0v) is 44.0. The number of hydrogen-bond acceptors (Lipinski definition) is 14. The number of aromatic nitrogens is 4. The van der Waals surface area contributed by atoms with Crippen molar-refractivity contribution in [2.24, 2.45) is 10.8 Å². The second kappa shape index (κ2) is 25.3. The van der Waals surface area contributed by atoms with E-state index in [2.05, 4.69) is 36.7 Å². The standard InChI is InChI=1S/C24H34ClN5O3S.C19H26ClN5O2S.C5H10O2/c1-24(2,3)23(32)30-21(26-15-18-4-5-20(25)34-18)14-19(27-30)17-6-8-29(9-7-17)22(31)16-28-10-12-33-13-11-28;20-17-2-1-15(28-17)12-21-18-11-16(22-23-18)14-3-5-25(6-4-14)19(26)13-24-7-9-27-10-8-24;1-5(2,3)4(6)7/h4-5,14,17,26H,6-13,15-16H2,1-3H3;1-2,11,14H,3-10,12-13H2,(H2,21,22,23);1-3H3,(H,6,7). The summed E-state index contributed by atoms with van der Waals surface area (Å²) in [5.74, 6) is 1.81. The summed E-state index contributed by atoms with van der Waals surface area (Å²) in [5, 5.41) is 27.2. The highest BCUT2D eigenvalue weighted by Crippen LogP contribution is 2.32. The summed E-state index contributed by atoms with van der Waals surface area (Å²) in [6.07, 6.45) is 3.62. The third-order valence-corrected chi connectivity index (χ3v) is 14.9. The first kappa shape index (κ1) is 54.3. The SMILES string of the molecule is CC(C)(C)C(=O)O.CC(C)(C)C(=O)n1nc(C2CCN(C(=O)CN3CCOCC3)CC2)cc1NCc1ccc(Cl)s1.O=C(CN1CCOCC1)N1CCC(c2cc(NCc3ccc(Cl)s3)n[nH]2)CC1. The molecule has 4 saturated heterocycles. The molecular formula is C48H70Cl2N10O7S2. The van der Waals surface area contributed by atoms with Gasteiger partial charge in [0, 0.05) is 97.2 Å². The molecule has 380 valence electrons. The minimum atomic E-state index is -0.757. The normalized spacial score (nSPS) is 17.9. The second-order valence-electron chi connectivity index (χ2n) is 19.9. The van der Waals surface area contributed by atoms with E-state index in [0.29, 0.717) is 57.7 Å². The summed E-state index contributed by atoms with van der Waals surface area (Å²) in [6, 6.07) is 11.9. The number of aliphatic carboxylic acids is 1. The number of rotatable bonds is 12. The summed E-state index contributed by atoms with van der Waals surface area (Å²) in [7, 11) is 0. The average molecular weight is 1030 g/mol. The highest BCUT2D eigenvalue weighted by atomic mass is 35.5. The molecule has 0 aromatic carbocycles. The highest BCUT2D eigenvalue weighted by molar-refractivity contribution is 7.16. The lowest BCUT2D eigenvalue weighted by molar-refractivity contribution is -0.145. The monoisotopic (exact) mass is 1030 g/mol. The number of carbonyl (C=O) groups excluding carboxylic acids is 3. The van der Waals surface area contributed by atoms with Gasteiger partial charge in [-0.2, -0.15) is 14.9 Å². The van der Waals surface area contributed by atoms with Crippen LogP contribution >= 0.6 is 45.9 Å². The quantitative estimate of drug-likeness (QED) is 0.108. The van der Waals surface area contributed by atoms with Crippen molar-refractivity contribution in [2.75, 3.05) is 103 Å². The van der Waals surface area contributed by atoms with Gasteiger partial charge in [0.2, 0.25) is 11.8 Å². The maximum absolute atomic E-state index is 13.1. The summed E-state index contributed by atoms with van der Waals surface area (Å²) < 4.78 is 13.8. The Labute approximate surface area is 424 Å². The topological polar surface area (TPSA) is 190 Å². The van der Waals surface area contributed by atoms with Gasteiger partial charge in [0.1, 0.15) is 11.6 Å². The zero-order valence-electron chi connectivity index (χ0n) is 40.9. The van der Waals surface area contributed by atoms with Gasteiger partial charge in [-0.1, -0.05) is 44.0 Å². The Morgan fingerprint density at radius 3 is 1.59 bits per heavy atom. The molecule has 0 radical (unpaired) electrons. The predicted molar refractivity (Wildman–Crippen MR) is 273 cm³/mol. The average Bonchev–Trinajstić information content (AvgIpc) is 4.16. The van der Waals surface area contributed by atoms with Crippen molar-refractivity contribution in [1.29, 1.82) is 0 Å².